The Morgan fingerprint density at radius 3 is 1.53 bits per heavy atom. The number of hydrogen-bond acceptors (Lipinski definition) is 7. The lowest BCUT2D eigenvalue weighted by Gasteiger charge is -2.28. The van der Waals surface area contributed by atoms with Crippen molar-refractivity contribution >= 4 is 13.8 Å². The third kappa shape index (κ3) is 43.5. The number of allylic oxidation sites excluding steroid dienone is 5. The zero-order valence-corrected chi connectivity index (χ0v) is 37.5. The number of esters is 1. The summed E-state index contributed by atoms with van der Waals surface area (Å²) >= 11 is 0. The molecule has 0 aliphatic heterocycles. The van der Waals surface area contributed by atoms with Gasteiger partial charge in [-0.3, -0.25) is 9.36 Å². The van der Waals surface area contributed by atoms with E-state index in [1.165, 1.54) is 141 Å². The van der Waals surface area contributed by atoms with Crippen LogP contribution in [0.2, 0.25) is 0 Å². The summed E-state index contributed by atoms with van der Waals surface area (Å²) in [6.45, 7) is 4.72. The number of unbranched alkanes of at least 4 members (excludes halogenated alkanes) is 24. The molecule has 0 spiro atoms. The Hall–Kier alpha value is -1.44. The first-order valence-electron chi connectivity index (χ1n) is 22.8. The minimum atomic E-state index is -4.54. The van der Waals surface area contributed by atoms with Crippen molar-refractivity contribution in [3.05, 3.63) is 36.6 Å². The van der Waals surface area contributed by atoms with Gasteiger partial charge in [-0.2, -0.15) is 0 Å². The minimum Gasteiger partial charge on any atom is -0.756 e. The number of hydrogen-bond donors (Lipinski definition) is 0. The fourth-order valence-corrected chi connectivity index (χ4v) is 6.92. The normalized spacial score (nSPS) is 14.0. The summed E-state index contributed by atoms with van der Waals surface area (Å²) in [6, 6.07) is 0. The molecule has 2 atom stereocenters. The van der Waals surface area contributed by atoms with Gasteiger partial charge in [-0.25, -0.2) is 0 Å². The largest absolute Gasteiger partial charge is 0.756 e. The first-order chi connectivity index (χ1) is 26.6. The van der Waals surface area contributed by atoms with E-state index in [1.807, 2.05) is 27.2 Å². The molecule has 0 aromatic rings. The summed E-state index contributed by atoms with van der Waals surface area (Å²) in [5.41, 5.74) is 0. The highest BCUT2D eigenvalue weighted by Crippen LogP contribution is 2.38. The van der Waals surface area contributed by atoms with E-state index in [0.717, 1.165) is 38.5 Å². The van der Waals surface area contributed by atoms with Crippen molar-refractivity contribution in [1.82, 2.24) is 0 Å². The van der Waals surface area contributed by atoms with Crippen molar-refractivity contribution in [1.29, 1.82) is 0 Å². The Morgan fingerprint density at radius 1 is 0.582 bits per heavy atom. The SMILES string of the molecule is CCCCC/C=C\C/C=C\CCCCCCCCCCCC(=O)OC(CO/C=C\CCCCCCCCCCCCCC)COP(=O)([O-])OCC[N+](C)(C)C. The first-order valence-corrected chi connectivity index (χ1v) is 24.2. The lowest BCUT2D eigenvalue weighted by Crippen LogP contribution is -2.37. The highest BCUT2D eigenvalue weighted by molar-refractivity contribution is 7.45. The lowest BCUT2D eigenvalue weighted by atomic mass is 10.0. The van der Waals surface area contributed by atoms with Crippen LogP contribution in [0.25, 0.3) is 0 Å². The zero-order chi connectivity index (χ0) is 40.6. The molecular formula is C46H88NO7P. The van der Waals surface area contributed by atoms with Crippen LogP contribution in [-0.2, 0) is 27.9 Å². The molecule has 0 heterocycles. The van der Waals surface area contributed by atoms with E-state index >= 15 is 0 Å². The maximum Gasteiger partial charge on any atom is 0.306 e. The second kappa shape index (κ2) is 39.4. The van der Waals surface area contributed by atoms with Gasteiger partial charge in [0.1, 0.15) is 19.8 Å². The van der Waals surface area contributed by atoms with E-state index in [1.54, 1.807) is 6.26 Å². The Labute approximate surface area is 340 Å². The molecule has 0 aromatic heterocycles. The average Bonchev–Trinajstić information content (AvgIpc) is 3.13. The number of quaternary nitrogens is 1. The Balaban J connectivity index is 4.25. The van der Waals surface area contributed by atoms with Gasteiger partial charge >= 0.3 is 5.97 Å². The van der Waals surface area contributed by atoms with Gasteiger partial charge in [0.2, 0.25) is 0 Å². The van der Waals surface area contributed by atoms with Crippen molar-refractivity contribution < 1.29 is 37.3 Å². The molecule has 0 radical (unpaired) electrons. The molecule has 0 aliphatic carbocycles. The molecule has 0 rings (SSSR count). The maximum absolute atomic E-state index is 12.7. The summed E-state index contributed by atoms with van der Waals surface area (Å²) in [5, 5.41) is 0. The fourth-order valence-electron chi connectivity index (χ4n) is 6.19. The highest BCUT2D eigenvalue weighted by atomic mass is 31.2. The Kier molecular flexibility index (Phi) is 38.4. The molecule has 0 fully saturated rings. The zero-order valence-electron chi connectivity index (χ0n) is 36.6. The lowest BCUT2D eigenvalue weighted by molar-refractivity contribution is -0.870. The van der Waals surface area contributed by atoms with Gasteiger partial charge in [0.25, 0.3) is 7.82 Å². The molecule has 0 aliphatic rings. The second-order valence-electron chi connectivity index (χ2n) is 16.5. The number of carbonyl (C=O) groups is 1. The molecule has 9 heteroatoms. The molecular weight excluding hydrogens is 709 g/mol. The van der Waals surface area contributed by atoms with E-state index in [9.17, 15) is 14.3 Å². The van der Waals surface area contributed by atoms with Gasteiger partial charge in [-0.1, -0.05) is 167 Å². The van der Waals surface area contributed by atoms with Gasteiger partial charge in [-0.15, -0.1) is 0 Å². The highest BCUT2D eigenvalue weighted by Gasteiger charge is 2.20. The van der Waals surface area contributed by atoms with Crippen LogP contribution in [0.4, 0.5) is 0 Å². The first kappa shape index (κ1) is 53.6. The summed E-state index contributed by atoms with van der Waals surface area (Å²) in [5.74, 6) is -0.360. The molecule has 0 saturated heterocycles. The molecule has 2 unspecified atom stereocenters. The number of likely N-dealkylation sites (N-methyl/N-ethyl adjacent to an activating group) is 1. The maximum atomic E-state index is 12.7. The van der Waals surface area contributed by atoms with Crippen molar-refractivity contribution in [2.24, 2.45) is 0 Å². The van der Waals surface area contributed by atoms with Gasteiger partial charge in [0.15, 0.2) is 6.10 Å². The van der Waals surface area contributed by atoms with Crippen LogP contribution in [0.5, 0.6) is 0 Å². The van der Waals surface area contributed by atoms with Crippen LogP contribution in [0.3, 0.4) is 0 Å². The number of nitrogens with zero attached hydrogens (tertiary/aromatic N) is 1. The number of carbonyl (C=O) groups excluding carboxylic acids is 1. The predicted molar refractivity (Wildman–Crippen MR) is 231 cm³/mol. The number of phosphoric acid groups is 1. The van der Waals surface area contributed by atoms with E-state index in [2.05, 4.69) is 38.2 Å². The van der Waals surface area contributed by atoms with E-state index < -0.39 is 13.9 Å². The van der Waals surface area contributed by atoms with Crippen LogP contribution >= 0.6 is 7.82 Å². The smallest absolute Gasteiger partial charge is 0.306 e. The topological polar surface area (TPSA) is 94.1 Å². The Morgan fingerprint density at radius 2 is 1.02 bits per heavy atom. The van der Waals surface area contributed by atoms with Gasteiger partial charge in [-0.05, 0) is 57.4 Å². The van der Waals surface area contributed by atoms with Crippen molar-refractivity contribution in [2.75, 3.05) is 47.5 Å². The second-order valence-corrected chi connectivity index (χ2v) is 17.9. The number of ether oxygens (including phenoxy) is 2. The van der Waals surface area contributed by atoms with Gasteiger partial charge in [0, 0.05) is 6.42 Å². The molecule has 0 N–H and O–H groups in total. The third-order valence-corrected chi connectivity index (χ3v) is 10.7. The summed E-state index contributed by atoms with van der Waals surface area (Å²) in [7, 11) is 1.32. The third-order valence-electron chi connectivity index (χ3n) is 9.76. The monoisotopic (exact) mass is 798 g/mol. The van der Waals surface area contributed by atoms with Crippen molar-refractivity contribution in [3.63, 3.8) is 0 Å². The molecule has 324 valence electrons. The Bertz CT molecular complexity index is 978. The molecule has 0 amide bonds. The van der Waals surface area contributed by atoms with Crippen LogP contribution in [0.1, 0.15) is 200 Å². The summed E-state index contributed by atoms with van der Waals surface area (Å²) in [4.78, 5) is 25.0. The quantitative estimate of drug-likeness (QED) is 0.0152. The van der Waals surface area contributed by atoms with Crippen LogP contribution in [0.15, 0.2) is 36.6 Å². The molecule has 55 heavy (non-hydrogen) atoms. The molecule has 8 nitrogen and oxygen atoms in total. The van der Waals surface area contributed by atoms with Gasteiger partial charge < -0.3 is 27.9 Å². The number of rotatable bonds is 42. The average molecular weight is 798 g/mol. The molecule has 0 bridgehead atoms. The van der Waals surface area contributed by atoms with Crippen LogP contribution in [0, 0.1) is 0 Å². The van der Waals surface area contributed by atoms with Crippen LogP contribution in [-0.4, -0.2) is 64.1 Å². The minimum absolute atomic E-state index is 0.0161. The number of phosphoric ester groups is 1. The van der Waals surface area contributed by atoms with Crippen molar-refractivity contribution in [2.45, 2.75) is 206 Å². The van der Waals surface area contributed by atoms with E-state index in [4.69, 9.17) is 18.5 Å². The van der Waals surface area contributed by atoms with E-state index in [-0.39, 0.29) is 25.8 Å². The van der Waals surface area contributed by atoms with Gasteiger partial charge in [0.05, 0.1) is 34.0 Å². The van der Waals surface area contributed by atoms with Crippen LogP contribution < -0.4 is 4.89 Å². The van der Waals surface area contributed by atoms with E-state index in [0.29, 0.717) is 17.4 Å². The molecule has 0 aromatic carbocycles. The standard InChI is InChI=1S/C46H88NO7P/c1-6-8-10-12-14-16-18-20-22-23-24-25-26-27-29-31-33-35-37-39-46(48)54-45(44-53-55(49,50)52-42-40-47(3,4)5)43-51-41-38-36-34-32-30-28-21-19-17-15-13-11-9-7-2/h14,16,20,22,38,41,45H,6-13,15,17-19,21,23-37,39-40,42-44H2,1-5H3/b16-14-,22-20-,41-38-. The summed E-state index contributed by atoms with van der Waals surface area (Å²) < 4.78 is 34.4. The predicted octanol–water partition coefficient (Wildman–Crippen LogP) is 13.1. The fraction of sp³-hybridized carbons (Fsp3) is 0.848. The summed E-state index contributed by atoms with van der Waals surface area (Å²) in [6.07, 6.45) is 46.7. The molecule has 0 saturated carbocycles. The van der Waals surface area contributed by atoms with Crippen molar-refractivity contribution in [3.8, 4) is 0 Å².